The Morgan fingerprint density at radius 3 is 2.83 bits per heavy atom. The van der Waals surface area contributed by atoms with Gasteiger partial charge in [-0.25, -0.2) is 4.39 Å². The highest BCUT2D eigenvalue weighted by Gasteiger charge is 2.44. The number of rotatable bonds is 9. The number of fused-ring (bicyclic) bond motifs is 1. The van der Waals surface area contributed by atoms with Crippen molar-refractivity contribution >= 4 is 17.7 Å². The second-order valence-electron chi connectivity index (χ2n) is 7.30. The average molecular weight is 405 g/mol. The van der Waals surface area contributed by atoms with Crippen LogP contribution in [0.25, 0.3) is 6.08 Å². The van der Waals surface area contributed by atoms with E-state index in [9.17, 15) is 9.18 Å². The number of aromatic nitrogens is 1. The minimum Gasteiger partial charge on any atom is -0.379 e. The fraction of sp³-hybridized carbons (Fsp3) is 0.571. The summed E-state index contributed by atoms with van der Waals surface area (Å²) in [5.74, 6) is -1.91. The number of oxime groups is 1. The number of allylic oxidation sites excluding steroid dienone is 1. The summed E-state index contributed by atoms with van der Waals surface area (Å²) < 4.78 is 24.4. The molecule has 1 N–H and O–H groups in total. The van der Waals surface area contributed by atoms with Crippen LogP contribution >= 0.6 is 0 Å². The number of alkyl halides is 1. The van der Waals surface area contributed by atoms with Crippen LogP contribution in [0.15, 0.2) is 23.5 Å². The zero-order valence-electron chi connectivity index (χ0n) is 17.2. The van der Waals surface area contributed by atoms with Gasteiger partial charge in [-0.3, -0.25) is 9.78 Å². The third-order valence-electron chi connectivity index (χ3n) is 5.10. The summed E-state index contributed by atoms with van der Waals surface area (Å²) in [6, 6.07) is 2.00. The van der Waals surface area contributed by atoms with Gasteiger partial charge in [0.15, 0.2) is 0 Å². The Morgan fingerprint density at radius 2 is 2.14 bits per heavy atom. The summed E-state index contributed by atoms with van der Waals surface area (Å²) in [5, 5.41) is 6.85. The second kappa shape index (κ2) is 9.00. The summed E-state index contributed by atoms with van der Waals surface area (Å²) in [6.07, 6.45) is 8.11. The lowest BCUT2D eigenvalue weighted by Gasteiger charge is -2.31. The fourth-order valence-electron chi connectivity index (χ4n) is 3.57. The van der Waals surface area contributed by atoms with Crippen molar-refractivity contribution in [3.05, 3.63) is 35.2 Å². The lowest BCUT2D eigenvalue weighted by molar-refractivity contribution is -0.237. The van der Waals surface area contributed by atoms with E-state index in [1.807, 2.05) is 12.1 Å². The maximum absolute atomic E-state index is 13.6. The first-order chi connectivity index (χ1) is 14.0. The van der Waals surface area contributed by atoms with Gasteiger partial charge in [-0.1, -0.05) is 17.3 Å². The molecule has 1 aromatic heterocycles. The van der Waals surface area contributed by atoms with Gasteiger partial charge in [0.1, 0.15) is 12.4 Å². The van der Waals surface area contributed by atoms with Crippen molar-refractivity contribution in [1.29, 1.82) is 0 Å². The number of amides is 1. The van der Waals surface area contributed by atoms with Crippen molar-refractivity contribution in [3.8, 4) is 0 Å². The normalized spacial score (nSPS) is 20.8. The molecule has 1 aromatic rings. The molecule has 0 aromatic carbocycles. The minimum atomic E-state index is -1.50. The molecular weight excluding hydrogens is 377 g/mol. The molecule has 3 rings (SSSR count). The minimum absolute atomic E-state index is 0.125. The number of nitrogens with zero attached hydrogens (tertiary/aromatic N) is 2. The van der Waals surface area contributed by atoms with E-state index in [1.54, 1.807) is 27.0 Å². The molecule has 0 saturated heterocycles. The van der Waals surface area contributed by atoms with Crippen LogP contribution in [0.3, 0.4) is 0 Å². The molecule has 2 heterocycles. The summed E-state index contributed by atoms with van der Waals surface area (Å²) in [5.41, 5.74) is 2.38. The Labute approximate surface area is 170 Å². The molecule has 1 aliphatic carbocycles. The smallest absolute Gasteiger partial charge is 0.267 e. The van der Waals surface area contributed by atoms with Gasteiger partial charge in [0.25, 0.3) is 5.91 Å². The van der Waals surface area contributed by atoms with E-state index in [2.05, 4.69) is 21.5 Å². The number of hydrogen-bond donors (Lipinski definition) is 1. The first kappa shape index (κ1) is 21.4. The van der Waals surface area contributed by atoms with Gasteiger partial charge >= 0.3 is 0 Å². The van der Waals surface area contributed by atoms with Crippen molar-refractivity contribution < 1.29 is 23.5 Å². The predicted octanol–water partition coefficient (Wildman–Crippen LogP) is 2.78. The van der Waals surface area contributed by atoms with Gasteiger partial charge in [0, 0.05) is 31.4 Å². The molecule has 2 aliphatic rings. The highest BCUT2D eigenvalue weighted by Crippen LogP contribution is 2.30. The third-order valence-corrected chi connectivity index (χ3v) is 5.10. The van der Waals surface area contributed by atoms with Crippen LogP contribution in [0.4, 0.5) is 4.39 Å². The molecule has 1 aliphatic heterocycles. The largest absolute Gasteiger partial charge is 0.379 e. The van der Waals surface area contributed by atoms with Crippen LogP contribution in [0.2, 0.25) is 0 Å². The Morgan fingerprint density at radius 1 is 1.38 bits per heavy atom. The SMILES string of the molecule is CCOC(CF)(CNC(=O)C1(C)CC(c2nccc3c2C=CCC3)=NO1)OCC. The van der Waals surface area contributed by atoms with E-state index in [1.165, 1.54) is 5.56 Å². The Bertz CT molecular complexity index is 805. The van der Waals surface area contributed by atoms with Crippen molar-refractivity contribution in [2.24, 2.45) is 5.16 Å². The standard InChI is InChI=1S/C21H28FN3O4/c1-4-27-21(13-22,28-5-2)14-24-19(26)20(3)12-17(25-29-20)18-16-9-7-6-8-15(16)10-11-23-18/h7,9-11H,4-6,8,12-14H2,1-3H3,(H,24,26). The van der Waals surface area contributed by atoms with Crippen molar-refractivity contribution in [2.75, 3.05) is 26.4 Å². The number of carbonyl (C=O) groups is 1. The third kappa shape index (κ3) is 4.48. The highest BCUT2D eigenvalue weighted by atomic mass is 19.1. The number of carbonyl (C=O) groups excluding carboxylic acids is 1. The van der Waals surface area contributed by atoms with Crippen LogP contribution in [-0.4, -0.2) is 54.4 Å². The van der Waals surface area contributed by atoms with E-state index in [0.717, 1.165) is 24.1 Å². The number of halogens is 1. The van der Waals surface area contributed by atoms with E-state index in [-0.39, 0.29) is 26.2 Å². The topological polar surface area (TPSA) is 82.0 Å². The van der Waals surface area contributed by atoms with E-state index < -0.39 is 24.0 Å². The number of aryl methyl sites for hydroxylation is 1. The number of hydrogen-bond acceptors (Lipinski definition) is 6. The van der Waals surface area contributed by atoms with Gasteiger partial charge in [0.05, 0.1) is 12.2 Å². The van der Waals surface area contributed by atoms with Crippen LogP contribution < -0.4 is 5.32 Å². The van der Waals surface area contributed by atoms with Crippen LogP contribution in [-0.2, 0) is 25.5 Å². The van der Waals surface area contributed by atoms with Gasteiger partial charge in [-0.05, 0) is 45.2 Å². The summed E-state index contributed by atoms with van der Waals surface area (Å²) in [7, 11) is 0. The first-order valence-electron chi connectivity index (χ1n) is 9.99. The Kier molecular flexibility index (Phi) is 6.64. The molecule has 0 spiro atoms. The fourth-order valence-corrected chi connectivity index (χ4v) is 3.57. The summed E-state index contributed by atoms with van der Waals surface area (Å²) in [6.45, 7) is 4.67. The summed E-state index contributed by atoms with van der Waals surface area (Å²) >= 11 is 0. The second-order valence-corrected chi connectivity index (χ2v) is 7.30. The monoisotopic (exact) mass is 405 g/mol. The van der Waals surface area contributed by atoms with Crippen LogP contribution in [0.1, 0.15) is 50.4 Å². The van der Waals surface area contributed by atoms with Crippen LogP contribution in [0.5, 0.6) is 0 Å². The molecule has 8 heteroatoms. The van der Waals surface area contributed by atoms with E-state index >= 15 is 0 Å². The average Bonchev–Trinajstić information content (AvgIpc) is 3.15. The maximum Gasteiger partial charge on any atom is 0.267 e. The van der Waals surface area contributed by atoms with Gasteiger partial charge in [-0.2, -0.15) is 0 Å². The first-order valence-corrected chi connectivity index (χ1v) is 9.99. The zero-order valence-corrected chi connectivity index (χ0v) is 17.2. The molecular formula is C21H28FN3O4. The number of ether oxygens (including phenoxy) is 2. The Hall–Kier alpha value is -2.32. The number of pyridine rings is 1. The molecule has 29 heavy (non-hydrogen) atoms. The molecule has 0 fully saturated rings. The Balaban J connectivity index is 1.69. The highest BCUT2D eigenvalue weighted by molar-refractivity contribution is 6.06. The van der Waals surface area contributed by atoms with Gasteiger partial charge < -0.3 is 19.6 Å². The van der Waals surface area contributed by atoms with Crippen molar-refractivity contribution in [2.45, 2.75) is 51.4 Å². The van der Waals surface area contributed by atoms with E-state index in [0.29, 0.717) is 5.71 Å². The molecule has 1 amide bonds. The molecule has 1 atom stereocenters. The van der Waals surface area contributed by atoms with Gasteiger partial charge in [0.2, 0.25) is 11.4 Å². The maximum atomic E-state index is 13.6. The van der Waals surface area contributed by atoms with E-state index in [4.69, 9.17) is 14.3 Å². The number of nitrogens with one attached hydrogen (secondary N) is 1. The van der Waals surface area contributed by atoms with Gasteiger partial charge in [-0.15, -0.1) is 0 Å². The van der Waals surface area contributed by atoms with Crippen molar-refractivity contribution in [1.82, 2.24) is 10.3 Å². The predicted molar refractivity (Wildman–Crippen MR) is 107 cm³/mol. The molecule has 0 bridgehead atoms. The van der Waals surface area contributed by atoms with Crippen LogP contribution in [0, 0.1) is 0 Å². The molecule has 1 unspecified atom stereocenters. The molecule has 0 saturated carbocycles. The lowest BCUT2D eigenvalue weighted by Crippen LogP contribution is -2.53. The molecule has 158 valence electrons. The molecule has 7 nitrogen and oxygen atoms in total. The molecule has 0 radical (unpaired) electrons. The van der Waals surface area contributed by atoms with Crippen molar-refractivity contribution in [3.63, 3.8) is 0 Å². The zero-order chi connectivity index (χ0) is 20.9. The lowest BCUT2D eigenvalue weighted by atomic mass is 9.91. The summed E-state index contributed by atoms with van der Waals surface area (Å²) in [4.78, 5) is 22.8. The quantitative estimate of drug-likeness (QED) is 0.639.